The lowest BCUT2D eigenvalue weighted by Gasteiger charge is -2.46. The van der Waals surface area contributed by atoms with Gasteiger partial charge in [0.15, 0.2) is 0 Å². The lowest BCUT2D eigenvalue weighted by molar-refractivity contribution is 0.659. The molecule has 4 heteroatoms. The van der Waals surface area contributed by atoms with Gasteiger partial charge in [0.05, 0.1) is 29.0 Å². The van der Waals surface area contributed by atoms with Gasteiger partial charge in [0.2, 0.25) is 0 Å². The highest BCUT2D eigenvalue weighted by atomic mass is 15.2. The molecule has 0 amide bonds. The fraction of sp³-hybridized carbons (Fsp3) is 0.0517. The molecule has 2 aliphatic heterocycles. The van der Waals surface area contributed by atoms with Gasteiger partial charge in [-0.05, 0) is 104 Å². The highest BCUT2D eigenvalue weighted by Gasteiger charge is 2.53. The number of fused-ring (bicyclic) bond motifs is 8. The molecule has 0 bridgehead atoms. The average Bonchev–Trinajstić information content (AvgIpc) is 3.64. The topological polar surface area (TPSA) is 53.6 Å². The summed E-state index contributed by atoms with van der Waals surface area (Å²) in [6.45, 7) is 1.36. The SMILES string of the molecule is N/C(=C\C(=NCc1ccccc1)c1ccccc1)c1cccc(-c2ccc(-c3ccc4c(c3)C3(C5=C4C=CCN5)c4ccccc4N(c4ccccc4)c4ccccc43)cc2)c1. The van der Waals surface area contributed by atoms with Crippen LogP contribution in [0.1, 0.15) is 38.9 Å². The largest absolute Gasteiger partial charge is 0.398 e. The summed E-state index contributed by atoms with van der Waals surface area (Å²) in [5.74, 6) is 0. The van der Waals surface area contributed by atoms with Crippen LogP contribution in [0.25, 0.3) is 33.5 Å². The van der Waals surface area contributed by atoms with E-state index in [1.165, 1.54) is 56.0 Å². The van der Waals surface area contributed by atoms with Crippen LogP contribution in [-0.4, -0.2) is 12.3 Å². The van der Waals surface area contributed by atoms with Crippen molar-refractivity contribution < 1.29 is 0 Å². The van der Waals surface area contributed by atoms with E-state index in [2.05, 4.69) is 192 Å². The Morgan fingerprint density at radius 3 is 1.84 bits per heavy atom. The first-order valence-corrected chi connectivity index (χ1v) is 21.3. The summed E-state index contributed by atoms with van der Waals surface area (Å²) < 4.78 is 0. The molecule has 8 aromatic carbocycles. The lowest BCUT2D eigenvalue weighted by Crippen LogP contribution is -2.41. The van der Waals surface area contributed by atoms with Crippen molar-refractivity contribution in [2.75, 3.05) is 11.4 Å². The summed E-state index contributed by atoms with van der Waals surface area (Å²) in [5, 5.41) is 3.91. The van der Waals surface area contributed by atoms with Crippen molar-refractivity contribution in [3.63, 3.8) is 0 Å². The minimum atomic E-state index is -0.523. The van der Waals surface area contributed by atoms with E-state index in [9.17, 15) is 0 Å². The molecule has 1 aliphatic carbocycles. The average molecular weight is 797 g/mol. The molecule has 0 aromatic heterocycles. The second kappa shape index (κ2) is 15.6. The lowest BCUT2D eigenvalue weighted by atomic mass is 9.65. The third-order valence-corrected chi connectivity index (χ3v) is 12.5. The Kier molecular flexibility index (Phi) is 9.32. The van der Waals surface area contributed by atoms with Gasteiger partial charge in [-0.2, -0.15) is 0 Å². The first-order valence-electron chi connectivity index (χ1n) is 21.3. The predicted octanol–water partition coefficient (Wildman–Crippen LogP) is 13.0. The number of rotatable bonds is 8. The van der Waals surface area contributed by atoms with Crippen molar-refractivity contribution in [3.05, 3.63) is 269 Å². The first kappa shape index (κ1) is 37.1. The molecule has 0 atom stereocenters. The smallest absolute Gasteiger partial charge is 0.0901 e. The van der Waals surface area contributed by atoms with Gasteiger partial charge >= 0.3 is 0 Å². The number of allylic oxidation sites excluding steroid dienone is 4. The maximum atomic E-state index is 6.86. The zero-order valence-electron chi connectivity index (χ0n) is 34.2. The van der Waals surface area contributed by atoms with E-state index in [1.54, 1.807) is 0 Å². The van der Waals surface area contributed by atoms with E-state index < -0.39 is 5.41 Å². The van der Waals surface area contributed by atoms with E-state index in [0.29, 0.717) is 12.2 Å². The Morgan fingerprint density at radius 1 is 0.565 bits per heavy atom. The standard InChI is InChI=1S/C58H44N4/c59-53(38-54(43-18-6-2-7-19-43)61-39-40-16-4-1-5-17-40)46-21-14-20-44(36-46)41-29-31-42(32-30-41)45-33-34-48-49-24-15-35-60-57(49)58(52(48)37-45)50-25-10-12-27-55(50)62(47-22-8-3-9-23-47)56-28-13-11-26-51(56)58/h1-34,36-38,60H,35,39,59H2/b53-38-,61-54?. The first-order chi connectivity index (χ1) is 30.7. The summed E-state index contributed by atoms with van der Waals surface area (Å²) in [6.07, 6.45) is 6.56. The van der Waals surface area contributed by atoms with Crippen LogP contribution in [0.4, 0.5) is 17.1 Å². The van der Waals surface area contributed by atoms with Gasteiger partial charge in [-0.3, -0.25) is 4.99 Å². The van der Waals surface area contributed by atoms with Crippen LogP contribution in [0.3, 0.4) is 0 Å². The third-order valence-electron chi connectivity index (χ3n) is 12.5. The maximum Gasteiger partial charge on any atom is 0.0901 e. The fourth-order valence-electron chi connectivity index (χ4n) is 9.69. The molecule has 3 aliphatic rings. The Labute approximate surface area is 363 Å². The van der Waals surface area contributed by atoms with Crippen molar-refractivity contribution >= 4 is 34.0 Å². The Hall–Kier alpha value is -7.95. The molecule has 0 fully saturated rings. The summed E-state index contributed by atoms with van der Waals surface area (Å²) in [6, 6.07) is 73.7. The number of nitrogens with one attached hydrogen (secondary N) is 1. The number of dihydropyridines is 1. The molecule has 8 aromatic rings. The van der Waals surface area contributed by atoms with Crippen molar-refractivity contribution in [1.82, 2.24) is 5.32 Å². The van der Waals surface area contributed by atoms with Gasteiger partial charge in [0.1, 0.15) is 0 Å². The van der Waals surface area contributed by atoms with E-state index in [-0.39, 0.29) is 0 Å². The van der Waals surface area contributed by atoms with E-state index in [1.807, 2.05) is 42.5 Å². The van der Waals surface area contributed by atoms with Crippen LogP contribution in [-0.2, 0) is 12.0 Å². The van der Waals surface area contributed by atoms with Gasteiger partial charge in [0.25, 0.3) is 0 Å². The number of nitrogens with two attached hydrogens (primary N) is 1. The molecule has 0 saturated heterocycles. The van der Waals surface area contributed by atoms with Crippen LogP contribution in [0, 0.1) is 0 Å². The van der Waals surface area contributed by atoms with Crippen LogP contribution < -0.4 is 16.0 Å². The summed E-state index contributed by atoms with van der Waals surface area (Å²) in [7, 11) is 0. The van der Waals surface area contributed by atoms with Gasteiger partial charge < -0.3 is 16.0 Å². The molecule has 3 N–H and O–H groups in total. The minimum Gasteiger partial charge on any atom is -0.398 e. The quantitative estimate of drug-likeness (QED) is 0.151. The van der Waals surface area contributed by atoms with Gasteiger partial charge in [-0.1, -0.05) is 182 Å². The molecule has 1 spiro atoms. The van der Waals surface area contributed by atoms with Crippen LogP contribution in [0.2, 0.25) is 0 Å². The highest BCUT2D eigenvalue weighted by molar-refractivity contribution is 6.12. The fourth-order valence-corrected chi connectivity index (χ4v) is 9.69. The maximum absolute atomic E-state index is 6.86. The van der Waals surface area contributed by atoms with E-state index in [4.69, 9.17) is 10.7 Å². The summed E-state index contributed by atoms with van der Waals surface area (Å²) in [4.78, 5) is 7.43. The Bertz CT molecular complexity index is 3040. The normalized spacial score (nSPS) is 14.8. The van der Waals surface area contributed by atoms with Gasteiger partial charge in [-0.15, -0.1) is 0 Å². The molecule has 62 heavy (non-hydrogen) atoms. The molecular weight excluding hydrogens is 753 g/mol. The number of hydrogen-bond donors (Lipinski definition) is 2. The van der Waals surface area contributed by atoms with Crippen molar-refractivity contribution in [2.24, 2.45) is 10.7 Å². The molecule has 296 valence electrons. The minimum absolute atomic E-state index is 0.523. The zero-order valence-corrected chi connectivity index (χ0v) is 34.2. The Morgan fingerprint density at radius 2 is 1.15 bits per heavy atom. The van der Waals surface area contributed by atoms with E-state index >= 15 is 0 Å². The Balaban J connectivity index is 0.959. The highest BCUT2D eigenvalue weighted by Crippen LogP contribution is 2.62. The monoisotopic (exact) mass is 796 g/mol. The van der Waals surface area contributed by atoms with Crippen LogP contribution in [0.5, 0.6) is 0 Å². The summed E-state index contributed by atoms with van der Waals surface area (Å²) >= 11 is 0. The summed E-state index contributed by atoms with van der Waals surface area (Å²) in [5.41, 5.74) is 26.7. The van der Waals surface area contributed by atoms with Gasteiger partial charge in [-0.25, -0.2) is 0 Å². The second-order valence-electron chi connectivity index (χ2n) is 16.1. The molecular formula is C58H44N4. The second-order valence-corrected chi connectivity index (χ2v) is 16.1. The number of hydrogen-bond acceptors (Lipinski definition) is 4. The number of aliphatic imine (C=N–C) groups is 1. The molecule has 4 nitrogen and oxygen atoms in total. The number of nitrogens with zero attached hydrogens (tertiary/aromatic N) is 2. The van der Waals surface area contributed by atoms with Crippen molar-refractivity contribution in [2.45, 2.75) is 12.0 Å². The molecule has 2 heterocycles. The van der Waals surface area contributed by atoms with Crippen molar-refractivity contribution in [3.8, 4) is 22.3 Å². The molecule has 0 saturated carbocycles. The zero-order chi connectivity index (χ0) is 41.5. The molecule has 0 radical (unpaired) electrons. The predicted molar refractivity (Wildman–Crippen MR) is 258 cm³/mol. The number of anilines is 3. The van der Waals surface area contributed by atoms with Gasteiger partial charge in [0, 0.05) is 29.2 Å². The van der Waals surface area contributed by atoms with Crippen LogP contribution in [0.15, 0.2) is 235 Å². The van der Waals surface area contributed by atoms with Crippen molar-refractivity contribution in [1.29, 1.82) is 0 Å². The third kappa shape index (κ3) is 6.27. The number of para-hydroxylation sites is 3. The van der Waals surface area contributed by atoms with E-state index in [0.717, 1.165) is 45.8 Å². The molecule has 0 unspecified atom stereocenters. The molecule has 11 rings (SSSR count). The number of benzene rings is 8. The van der Waals surface area contributed by atoms with Crippen LogP contribution >= 0.6 is 0 Å².